The summed E-state index contributed by atoms with van der Waals surface area (Å²) >= 11 is 5.84. The fourth-order valence-electron chi connectivity index (χ4n) is 2.36. The van der Waals surface area contributed by atoms with Crippen LogP contribution in [-0.2, 0) is 17.8 Å². The van der Waals surface area contributed by atoms with Gasteiger partial charge in [0.2, 0.25) is 0 Å². The molecule has 0 heterocycles. The number of halogens is 1. The molecule has 0 saturated heterocycles. The minimum Gasteiger partial charge on any atom is -0.386 e. The lowest BCUT2D eigenvalue weighted by Gasteiger charge is -2.07. The van der Waals surface area contributed by atoms with Crippen LogP contribution in [0.3, 0.4) is 0 Å². The Morgan fingerprint density at radius 2 is 1.77 bits per heavy atom. The summed E-state index contributed by atoms with van der Waals surface area (Å²) in [4.78, 5) is 12.2. The normalized spacial score (nSPS) is 10.9. The fraction of sp³-hybridized carbons (Fsp3) is 0.238. The van der Waals surface area contributed by atoms with Crippen molar-refractivity contribution < 1.29 is 4.79 Å². The Kier molecular flexibility index (Phi) is 7.73. The molecule has 0 aliphatic carbocycles. The molecule has 0 radical (unpaired) electrons. The van der Waals surface area contributed by atoms with Crippen LogP contribution in [0.5, 0.6) is 0 Å². The molecule has 0 atom stereocenters. The first-order chi connectivity index (χ1) is 12.6. The SMILES string of the molecule is CCCCc1ccc(NC(=O)/C(C#N)=C\NCc2ccc(Cl)cc2)cc1. The van der Waals surface area contributed by atoms with Crippen molar-refractivity contribution >= 4 is 23.2 Å². The van der Waals surface area contributed by atoms with Gasteiger partial charge < -0.3 is 10.6 Å². The zero-order valence-electron chi connectivity index (χ0n) is 14.8. The zero-order chi connectivity index (χ0) is 18.8. The van der Waals surface area contributed by atoms with Gasteiger partial charge in [0.1, 0.15) is 11.6 Å². The van der Waals surface area contributed by atoms with Crippen molar-refractivity contribution in [2.75, 3.05) is 5.32 Å². The van der Waals surface area contributed by atoms with E-state index in [4.69, 9.17) is 11.6 Å². The van der Waals surface area contributed by atoms with Crippen LogP contribution in [0, 0.1) is 11.3 Å². The van der Waals surface area contributed by atoms with Crippen molar-refractivity contribution in [3.63, 3.8) is 0 Å². The summed E-state index contributed by atoms with van der Waals surface area (Å²) in [5.74, 6) is -0.433. The zero-order valence-corrected chi connectivity index (χ0v) is 15.5. The van der Waals surface area contributed by atoms with Gasteiger partial charge in [-0.3, -0.25) is 4.79 Å². The molecule has 0 aliphatic rings. The minimum absolute atomic E-state index is 0.0222. The molecule has 0 aromatic heterocycles. The van der Waals surface area contributed by atoms with Crippen molar-refractivity contribution in [1.82, 2.24) is 5.32 Å². The number of nitrogens with one attached hydrogen (secondary N) is 2. The number of rotatable bonds is 8. The van der Waals surface area contributed by atoms with Gasteiger partial charge in [-0.05, 0) is 48.2 Å². The molecule has 2 rings (SSSR count). The smallest absolute Gasteiger partial charge is 0.267 e. The van der Waals surface area contributed by atoms with Crippen LogP contribution >= 0.6 is 11.6 Å². The summed E-state index contributed by atoms with van der Waals surface area (Å²) in [5.41, 5.74) is 2.94. The molecule has 0 aliphatic heterocycles. The number of anilines is 1. The molecule has 5 heteroatoms. The predicted molar refractivity (Wildman–Crippen MR) is 106 cm³/mol. The Bertz CT molecular complexity index is 790. The van der Waals surface area contributed by atoms with Crippen molar-refractivity contribution in [1.29, 1.82) is 5.26 Å². The van der Waals surface area contributed by atoms with Gasteiger partial charge in [-0.1, -0.05) is 49.2 Å². The molecular weight excluding hydrogens is 346 g/mol. The molecule has 0 saturated carbocycles. The first kappa shape index (κ1) is 19.6. The average molecular weight is 368 g/mol. The van der Waals surface area contributed by atoms with Gasteiger partial charge in [0.25, 0.3) is 5.91 Å². The molecule has 0 bridgehead atoms. The Morgan fingerprint density at radius 3 is 2.38 bits per heavy atom. The first-order valence-electron chi connectivity index (χ1n) is 8.60. The number of unbranched alkanes of at least 4 members (excludes halogenated alkanes) is 1. The highest BCUT2D eigenvalue weighted by molar-refractivity contribution is 6.30. The van der Waals surface area contributed by atoms with Crippen LogP contribution in [0.25, 0.3) is 0 Å². The van der Waals surface area contributed by atoms with Gasteiger partial charge in [0, 0.05) is 23.5 Å². The van der Waals surface area contributed by atoms with Crippen LogP contribution in [-0.4, -0.2) is 5.91 Å². The maximum Gasteiger partial charge on any atom is 0.267 e. The molecule has 2 aromatic carbocycles. The fourth-order valence-corrected chi connectivity index (χ4v) is 2.48. The highest BCUT2D eigenvalue weighted by atomic mass is 35.5. The summed E-state index contributed by atoms with van der Waals surface area (Å²) in [7, 11) is 0. The van der Waals surface area contributed by atoms with E-state index in [-0.39, 0.29) is 5.57 Å². The molecule has 134 valence electrons. The summed E-state index contributed by atoms with van der Waals surface area (Å²) in [5, 5.41) is 15.6. The number of hydrogen-bond donors (Lipinski definition) is 2. The summed E-state index contributed by atoms with van der Waals surface area (Å²) in [6.45, 7) is 2.66. The van der Waals surface area contributed by atoms with E-state index in [1.807, 2.05) is 42.5 Å². The number of nitriles is 1. The molecule has 4 nitrogen and oxygen atoms in total. The molecule has 26 heavy (non-hydrogen) atoms. The molecular formula is C21H22ClN3O. The number of aryl methyl sites for hydroxylation is 1. The number of carbonyl (C=O) groups is 1. The molecule has 0 fully saturated rings. The third-order valence-corrected chi connectivity index (χ3v) is 4.11. The van der Waals surface area contributed by atoms with E-state index < -0.39 is 5.91 Å². The summed E-state index contributed by atoms with van der Waals surface area (Å²) in [6.07, 6.45) is 4.76. The van der Waals surface area contributed by atoms with E-state index in [0.717, 1.165) is 24.8 Å². The number of carbonyl (C=O) groups excluding carboxylic acids is 1. The lowest BCUT2D eigenvalue weighted by molar-refractivity contribution is -0.112. The van der Waals surface area contributed by atoms with Gasteiger partial charge in [-0.2, -0.15) is 5.26 Å². The first-order valence-corrected chi connectivity index (χ1v) is 8.98. The van der Waals surface area contributed by atoms with Crippen LogP contribution in [0.4, 0.5) is 5.69 Å². The lowest BCUT2D eigenvalue weighted by atomic mass is 10.1. The monoisotopic (exact) mass is 367 g/mol. The van der Waals surface area contributed by atoms with E-state index in [9.17, 15) is 10.1 Å². The standard InChI is InChI=1S/C21H22ClN3O/c1-2-3-4-16-7-11-20(12-8-16)25-21(26)18(13-23)15-24-14-17-5-9-19(22)10-6-17/h5-12,15,24H,2-4,14H2,1H3,(H,25,26)/b18-15-. The highest BCUT2D eigenvalue weighted by Gasteiger charge is 2.09. The third kappa shape index (κ3) is 6.27. The van der Waals surface area contributed by atoms with E-state index in [1.165, 1.54) is 11.8 Å². The number of nitrogens with zero attached hydrogens (tertiary/aromatic N) is 1. The van der Waals surface area contributed by atoms with Crippen molar-refractivity contribution in [2.24, 2.45) is 0 Å². The number of benzene rings is 2. The Balaban J connectivity index is 1.90. The van der Waals surface area contributed by atoms with Gasteiger partial charge in [0.15, 0.2) is 0 Å². The third-order valence-electron chi connectivity index (χ3n) is 3.86. The topological polar surface area (TPSA) is 64.9 Å². The quantitative estimate of drug-likeness (QED) is 0.519. The second-order valence-corrected chi connectivity index (χ2v) is 6.37. The Hall–Kier alpha value is -2.77. The Labute approximate surface area is 159 Å². The van der Waals surface area contributed by atoms with E-state index in [1.54, 1.807) is 12.1 Å². The van der Waals surface area contributed by atoms with E-state index >= 15 is 0 Å². The maximum absolute atomic E-state index is 12.2. The molecule has 1 amide bonds. The molecule has 2 N–H and O–H groups in total. The summed E-state index contributed by atoms with van der Waals surface area (Å²) in [6, 6.07) is 17.0. The summed E-state index contributed by atoms with van der Waals surface area (Å²) < 4.78 is 0. The number of amides is 1. The van der Waals surface area contributed by atoms with E-state index in [0.29, 0.717) is 17.3 Å². The second kappa shape index (κ2) is 10.3. The lowest BCUT2D eigenvalue weighted by Crippen LogP contribution is -2.16. The van der Waals surface area contributed by atoms with Crippen LogP contribution in [0.15, 0.2) is 60.3 Å². The highest BCUT2D eigenvalue weighted by Crippen LogP contribution is 2.13. The number of hydrogen-bond acceptors (Lipinski definition) is 3. The van der Waals surface area contributed by atoms with E-state index in [2.05, 4.69) is 17.6 Å². The van der Waals surface area contributed by atoms with Gasteiger partial charge in [0.05, 0.1) is 0 Å². The van der Waals surface area contributed by atoms with Gasteiger partial charge >= 0.3 is 0 Å². The van der Waals surface area contributed by atoms with Crippen molar-refractivity contribution in [3.8, 4) is 6.07 Å². The van der Waals surface area contributed by atoms with Crippen LogP contribution in [0.2, 0.25) is 5.02 Å². The molecule has 2 aromatic rings. The molecule has 0 unspecified atom stereocenters. The average Bonchev–Trinajstić information content (AvgIpc) is 2.66. The predicted octanol–water partition coefficient (Wildman–Crippen LogP) is 4.82. The van der Waals surface area contributed by atoms with Gasteiger partial charge in [-0.25, -0.2) is 0 Å². The van der Waals surface area contributed by atoms with Crippen LogP contribution < -0.4 is 10.6 Å². The van der Waals surface area contributed by atoms with Crippen molar-refractivity contribution in [2.45, 2.75) is 32.7 Å². The van der Waals surface area contributed by atoms with Crippen LogP contribution in [0.1, 0.15) is 30.9 Å². The van der Waals surface area contributed by atoms with Gasteiger partial charge in [-0.15, -0.1) is 0 Å². The largest absolute Gasteiger partial charge is 0.386 e. The molecule has 0 spiro atoms. The Morgan fingerprint density at radius 1 is 1.12 bits per heavy atom. The maximum atomic E-state index is 12.2. The second-order valence-electron chi connectivity index (χ2n) is 5.93. The van der Waals surface area contributed by atoms with Crippen molar-refractivity contribution in [3.05, 3.63) is 76.5 Å². The minimum atomic E-state index is -0.433.